The van der Waals surface area contributed by atoms with Crippen LogP contribution >= 0.6 is 0 Å². The number of rotatable bonds is 8. The summed E-state index contributed by atoms with van der Waals surface area (Å²) >= 11 is 0. The zero-order chi connectivity index (χ0) is 14.8. The maximum absolute atomic E-state index is 11.7. The van der Waals surface area contributed by atoms with Gasteiger partial charge in [-0.1, -0.05) is 6.58 Å². The molecule has 1 aliphatic heterocycles. The second-order valence-electron chi connectivity index (χ2n) is 5.08. The molecule has 0 bridgehead atoms. The van der Waals surface area contributed by atoms with Crippen LogP contribution in [0.3, 0.4) is 0 Å². The van der Waals surface area contributed by atoms with Crippen LogP contribution in [0.4, 0.5) is 0 Å². The van der Waals surface area contributed by atoms with Crippen molar-refractivity contribution in [3.05, 3.63) is 12.2 Å². The molecule has 0 aromatic carbocycles. The molecule has 20 heavy (non-hydrogen) atoms. The second kappa shape index (κ2) is 9.53. The highest BCUT2D eigenvalue weighted by atomic mass is 16.5. The van der Waals surface area contributed by atoms with Gasteiger partial charge in [0.1, 0.15) is 0 Å². The fourth-order valence-electron chi connectivity index (χ4n) is 2.12. The monoisotopic (exact) mass is 283 g/mol. The molecule has 0 aromatic heterocycles. The highest BCUT2D eigenvalue weighted by molar-refractivity contribution is 5.92. The minimum absolute atomic E-state index is 0.165. The summed E-state index contributed by atoms with van der Waals surface area (Å²) in [5, 5.41) is 2.83. The fourth-order valence-corrected chi connectivity index (χ4v) is 2.12. The predicted octanol–water partition coefficient (Wildman–Crippen LogP) is 1.96. The Morgan fingerprint density at radius 1 is 1.40 bits per heavy atom. The third-order valence-electron chi connectivity index (χ3n) is 3.29. The molecule has 5 heteroatoms. The van der Waals surface area contributed by atoms with Crippen LogP contribution in [0.5, 0.6) is 0 Å². The molecular formula is C15H25NO4. The lowest BCUT2D eigenvalue weighted by Gasteiger charge is -2.22. The van der Waals surface area contributed by atoms with Gasteiger partial charge in [0.15, 0.2) is 0 Å². The molecule has 1 heterocycles. The first-order chi connectivity index (χ1) is 9.59. The van der Waals surface area contributed by atoms with E-state index in [9.17, 15) is 9.59 Å². The van der Waals surface area contributed by atoms with Crippen LogP contribution in [0.1, 0.15) is 45.4 Å². The van der Waals surface area contributed by atoms with E-state index >= 15 is 0 Å². The number of nitrogens with one attached hydrogen (secondary N) is 1. The van der Waals surface area contributed by atoms with Crippen molar-refractivity contribution in [3.63, 3.8) is 0 Å². The van der Waals surface area contributed by atoms with E-state index in [1.807, 2.05) is 0 Å². The first kappa shape index (κ1) is 16.7. The van der Waals surface area contributed by atoms with Crippen molar-refractivity contribution >= 4 is 11.9 Å². The summed E-state index contributed by atoms with van der Waals surface area (Å²) in [5.74, 6) is -0.507. The van der Waals surface area contributed by atoms with Gasteiger partial charge in [-0.25, -0.2) is 0 Å². The van der Waals surface area contributed by atoms with Crippen molar-refractivity contribution in [1.29, 1.82) is 0 Å². The van der Waals surface area contributed by atoms with Gasteiger partial charge in [0.05, 0.1) is 12.7 Å². The van der Waals surface area contributed by atoms with Gasteiger partial charge in [-0.05, 0) is 32.1 Å². The van der Waals surface area contributed by atoms with Crippen molar-refractivity contribution < 1.29 is 19.1 Å². The van der Waals surface area contributed by atoms with E-state index in [1.54, 1.807) is 0 Å². The summed E-state index contributed by atoms with van der Waals surface area (Å²) in [5.41, 5.74) is 0.445. The zero-order valence-corrected chi connectivity index (χ0v) is 12.3. The molecule has 1 atom stereocenters. The van der Waals surface area contributed by atoms with Crippen LogP contribution in [-0.2, 0) is 19.1 Å². The van der Waals surface area contributed by atoms with Gasteiger partial charge >= 0.3 is 5.97 Å². The van der Waals surface area contributed by atoms with Gasteiger partial charge in [-0.3, -0.25) is 9.59 Å². The molecule has 1 aliphatic rings. The number of amides is 1. The lowest BCUT2D eigenvalue weighted by atomic mass is 10.0. The van der Waals surface area contributed by atoms with Crippen LogP contribution in [0.15, 0.2) is 12.2 Å². The number of hydrogen-bond acceptors (Lipinski definition) is 4. The van der Waals surface area contributed by atoms with E-state index in [4.69, 9.17) is 9.47 Å². The third kappa shape index (κ3) is 7.28. The molecule has 0 saturated carbocycles. The minimum atomic E-state index is -0.342. The summed E-state index contributed by atoms with van der Waals surface area (Å²) in [6.45, 7) is 6.74. The van der Waals surface area contributed by atoms with Crippen LogP contribution in [0.2, 0.25) is 0 Å². The molecule has 0 aliphatic carbocycles. The van der Waals surface area contributed by atoms with Crippen molar-refractivity contribution in [2.75, 3.05) is 19.8 Å². The SMILES string of the molecule is C=C(CCOC(C)=O)C(=O)NCCCC1CCCCO1. The van der Waals surface area contributed by atoms with E-state index < -0.39 is 0 Å². The molecule has 114 valence electrons. The molecule has 1 rings (SSSR count). The molecule has 0 radical (unpaired) electrons. The smallest absolute Gasteiger partial charge is 0.302 e. The standard InChI is InChI=1S/C15H25NO4/c1-12(8-11-19-13(2)17)15(18)16-9-5-7-14-6-3-4-10-20-14/h14H,1,3-11H2,2H3,(H,16,18). The molecule has 1 N–H and O–H groups in total. The third-order valence-corrected chi connectivity index (χ3v) is 3.29. The highest BCUT2D eigenvalue weighted by Crippen LogP contribution is 2.16. The summed E-state index contributed by atoms with van der Waals surface area (Å²) in [7, 11) is 0. The summed E-state index contributed by atoms with van der Waals surface area (Å²) in [6, 6.07) is 0. The highest BCUT2D eigenvalue weighted by Gasteiger charge is 2.13. The average molecular weight is 283 g/mol. The molecule has 1 fully saturated rings. The average Bonchev–Trinajstić information content (AvgIpc) is 2.44. The first-order valence-corrected chi connectivity index (χ1v) is 7.30. The molecular weight excluding hydrogens is 258 g/mol. The Morgan fingerprint density at radius 3 is 2.85 bits per heavy atom. The molecule has 1 saturated heterocycles. The lowest BCUT2D eigenvalue weighted by molar-refractivity contribution is -0.141. The van der Waals surface area contributed by atoms with Crippen molar-refractivity contribution in [2.24, 2.45) is 0 Å². The Bertz CT molecular complexity index is 335. The molecule has 1 unspecified atom stereocenters. The predicted molar refractivity (Wildman–Crippen MR) is 76.2 cm³/mol. The zero-order valence-electron chi connectivity index (χ0n) is 12.3. The largest absolute Gasteiger partial charge is 0.466 e. The maximum atomic E-state index is 11.7. The van der Waals surface area contributed by atoms with Crippen molar-refractivity contribution in [2.45, 2.75) is 51.6 Å². The lowest BCUT2D eigenvalue weighted by Crippen LogP contribution is -2.27. The number of carbonyl (C=O) groups is 2. The van der Waals surface area contributed by atoms with E-state index in [0.29, 0.717) is 24.6 Å². The van der Waals surface area contributed by atoms with Gasteiger partial charge in [0.25, 0.3) is 0 Å². The molecule has 1 amide bonds. The number of ether oxygens (including phenoxy) is 2. The second-order valence-corrected chi connectivity index (χ2v) is 5.08. The molecule has 0 aromatic rings. The molecule has 5 nitrogen and oxygen atoms in total. The minimum Gasteiger partial charge on any atom is -0.466 e. The Balaban J connectivity index is 2.03. The summed E-state index contributed by atoms with van der Waals surface area (Å²) in [4.78, 5) is 22.3. The van der Waals surface area contributed by atoms with Gasteiger partial charge in [0, 0.05) is 32.1 Å². The van der Waals surface area contributed by atoms with Crippen LogP contribution < -0.4 is 5.32 Å². The maximum Gasteiger partial charge on any atom is 0.302 e. The normalized spacial score (nSPS) is 18.4. The Labute approximate surface area is 120 Å². The van der Waals surface area contributed by atoms with Gasteiger partial charge in [-0.15, -0.1) is 0 Å². The first-order valence-electron chi connectivity index (χ1n) is 7.30. The van der Waals surface area contributed by atoms with Crippen LogP contribution in [-0.4, -0.2) is 37.7 Å². The van der Waals surface area contributed by atoms with E-state index in [0.717, 1.165) is 32.3 Å². The Morgan fingerprint density at radius 2 is 2.20 bits per heavy atom. The van der Waals surface area contributed by atoms with E-state index in [2.05, 4.69) is 11.9 Å². The fraction of sp³-hybridized carbons (Fsp3) is 0.733. The Kier molecular flexibility index (Phi) is 7.95. The number of esters is 1. The van der Waals surface area contributed by atoms with Crippen LogP contribution in [0.25, 0.3) is 0 Å². The Hall–Kier alpha value is -1.36. The van der Waals surface area contributed by atoms with Crippen molar-refractivity contribution in [3.8, 4) is 0 Å². The van der Waals surface area contributed by atoms with Crippen molar-refractivity contribution in [1.82, 2.24) is 5.32 Å². The number of hydrogen-bond donors (Lipinski definition) is 1. The van der Waals surface area contributed by atoms with Gasteiger partial charge < -0.3 is 14.8 Å². The quantitative estimate of drug-likeness (QED) is 0.420. The topological polar surface area (TPSA) is 64.6 Å². The molecule has 0 spiro atoms. The summed E-state index contributed by atoms with van der Waals surface area (Å²) < 4.78 is 10.4. The number of carbonyl (C=O) groups excluding carboxylic acids is 2. The van der Waals surface area contributed by atoms with Gasteiger partial charge in [-0.2, -0.15) is 0 Å². The summed E-state index contributed by atoms with van der Waals surface area (Å²) in [6.07, 6.45) is 6.15. The van der Waals surface area contributed by atoms with E-state index in [-0.39, 0.29) is 18.5 Å². The van der Waals surface area contributed by atoms with Gasteiger partial charge in [0.2, 0.25) is 5.91 Å². The van der Waals surface area contributed by atoms with E-state index in [1.165, 1.54) is 13.3 Å². The van der Waals surface area contributed by atoms with Crippen LogP contribution in [0, 0.1) is 0 Å².